The van der Waals surface area contributed by atoms with Crippen molar-refractivity contribution in [3.8, 4) is 5.75 Å². The Morgan fingerprint density at radius 2 is 2.21 bits per heavy atom. The fourth-order valence-electron chi connectivity index (χ4n) is 2.19. The Kier molecular flexibility index (Phi) is 7.56. The van der Waals surface area contributed by atoms with Crippen molar-refractivity contribution in [3.05, 3.63) is 51.7 Å². The van der Waals surface area contributed by atoms with Crippen LogP contribution in [0, 0.1) is 0 Å². The summed E-state index contributed by atoms with van der Waals surface area (Å²) in [6, 6.07) is 11.2. The van der Waals surface area contributed by atoms with E-state index in [2.05, 4.69) is 5.32 Å². The van der Waals surface area contributed by atoms with Crippen LogP contribution in [0.4, 0.5) is 0 Å². The number of nitrogens with zero attached hydrogens (tertiary/aromatic N) is 1. The van der Waals surface area contributed by atoms with Gasteiger partial charge in [-0.2, -0.15) is 0 Å². The van der Waals surface area contributed by atoms with E-state index in [0.717, 1.165) is 23.6 Å². The molecule has 24 heavy (non-hydrogen) atoms. The number of carbonyl (C=O) groups is 1. The molecule has 1 aromatic heterocycles. The minimum Gasteiger partial charge on any atom is -0.493 e. The number of amides is 1. The highest BCUT2D eigenvalue weighted by Gasteiger charge is 2.17. The number of nitrogens with one attached hydrogen (secondary N) is 1. The third-order valence-electron chi connectivity index (χ3n) is 3.78. The van der Waals surface area contributed by atoms with Gasteiger partial charge in [0.1, 0.15) is 5.75 Å². The Balaban J connectivity index is 1.65. The van der Waals surface area contributed by atoms with E-state index in [4.69, 9.17) is 16.3 Å². The predicted octanol–water partition coefficient (Wildman–Crippen LogP) is 3.81. The van der Waals surface area contributed by atoms with E-state index in [1.54, 1.807) is 17.4 Å². The molecule has 0 spiro atoms. The van der Waals surface area contributed by atoms with Crippen molar-refractivity contribution < 1.29 is 9.53 Å². The average molecular weight is 367 g/mol. The van der Waals surface area contributed by atoms with Crippen molar-refractivity contribution >= 4 is 28.8 Å². The number of hydrogen-bond acceptors (Lipinski definition) is 4. The van der Waals surface area contributed by atoms with E-state index in [0.29, 0.717) is 18.2 Å². The predicted molar refractivity (Wildman–Crippen MR) is 99.8 cm³/mol. The van der Waals surface area contributed by atoms with Crippen LogP contribution in [-0.4, -0.2) is 37.0 Å². The summed E-state index contributed by atoms with van der Waals surface area (Å²) in [4.78, 5) is 15.4. The molecule has 1 atom stereocenters. The summed E-state index contributed by atoms with van der Waals surface area (Å²) in [5.41, 5.74) is 0. The van der Waals surface area contributed by atoms with Crippen molar-refractivity contribution in [1.29, 1.82) is 0 Å². The first-order chi connectivity index (χ1) is 11.6. The summed E-state index contributed by atoms with van der Waals surface area (Å²) >= 11 is 7.57. The molecule has 0 aliphatic carbocycles. The molecule has 0 radical (unpaired) electrons. The fraction of sp³-hybridized carbons (Fsp3) is 0.389. The van der Waals surface area contributed by atoms with Crippen molar-refractivity contribution in [2.75, 3.05) is 20.2 Å². The average Bonchev–Trinajstić information content (AvgIpc) is 3.09. The smallest absolute Gasteiger partial charge is 0.237 e. The summed E-state index contributed by atoms with van der Waals surface area (Å²) in [6.45, 7) is 3.89. The van der Waals surface area contributed by atoms with Crippen LogP contribution in [0.1, 0.15) is 18.2 Å². The van der Waals surface area contributed by atoms with Crippen LogP contribution in [0.5, 0.6) is 5.75 Å². The van der Waals surface area contributed by atoms with Gasteiger partial charge < -0.3 is 10.1 Å². The zero-order valence-corrected chi connectivity index (χ0v) is 15.6. The third-order valence-corrected chi connectivity index (χ3v) is 4.89. The summed E-state index contributed by atoms with van der Waals surface area (Å²) in [6.07, 6.45) is 0.839. The molecule has 6 heteroatoms. The summed E-state index contributed by atoms with van der Waals surface area (Å²) in [5, 5.41) is 5.65. The van der Waals surface area contributed by atoms with Gasteiger partial charge in [0.25, 0.3) is 0 Å². The highest BCUT2D eigenvalue weighted by molar-refractivity contribution is 7.09. The minimum absolute atomic E-state index is 0.0432. The zero-order valence-electron chi connectivity index (χ0n) is 14.0. The number of benzene rings is 1. The molecule has 1 heterocycles. The summed E-state index contributed by atoms with van der Waals surface area (Å²) in [7, 11) is 1.95. The van der Waals surface area contributed by atoms with E-state index >= 15 is 0 Å². The summed E-state index contributed by atoms with van der Waals surface area (Å²) < 4.78 is 5.66. The van der Waals surface area contributed by atoms with E-state index in [9.17, 15) is 4.79 Å². The molecule has 1 N–H and O–H groups in total. The lowest BCUT2D eigenvalue weighted by molar-refractivity contribution is -0.125. The Morgan fingerprint density at radius 3 is 2.92 bits per heavy atom. The lowest BCUT2D eigenvalue weighted by Crippen LogP contribution is -2.43. The van der Waals surface area contributed by atoms with Crippen LogP contribution in [0.3, 0.4) is 0 Å². The molecular weight excluding hydrogens is 344 g/mol. The molecule has 0 bridgehead atoms. The minimum atomic E-state index is -0.170. The molecule has 4 nitrogen and oxygen atoms in total. The normalized spacial score (nSPS) is 12.2. The van der Waals surface area contributed by atoms with Gasteiger partial charge in [-0.1, -0.05) is 23.7 Å². The van der Waals surface area contributed by atoms with Gasteiger partial charge >= 0.3 is 0 Å². The third kappa shape index (κ3) is 6.15. The van der Waals surface area contributed by atoms with Crippen molar-refractivity contribution in [2.45, 2.75) is 25.9 Å². The number of rotatable bonds is 9. The standard InChI is InChI=1S/C18H23ClN2O2S/c1-14(18(22)20-13-17-8-4-11-24-17)21(2)9-5-10-23-16-7-3-6-15(19)12-16/h3-4,6-8,11-12,14H,5,9-10,13H2,1-2H3,(H,20,22). The van der Waals surface area contributed by atoms with Gasteiger partial charge in [0.15, 0.2) is 0 Å². The lowest BCUT2D eigenvalue weighted by atomic mass is 10.2. The van der Waals surface area contributed by atoms with Gasteiger partial charge in [-0.15, -0.1) is 11.3 Å². The SMILES string of the molecule is CC(C(=O)NCc1cccs1)N(C)CCCOc1cccc(Cl)c1. The van der Waals surface area contributed by atoms with Crippen LogP contribution in [0.2, 0.25) is 5.02 Å². The molecule has 0 aliphatic rings. The lowest BCUT2D eigenvalue weighted by Gasteiger charge is -2.23. The van der Waals surface area contributed by atoms with Crippen LogP contribution < -0.4 is 10.1 Å². The van der Waals surface area contributed by atoms with Crippen LogP contribution in [0.25, 0.3) is 0 Å². The first-order valence-corrected chi connectivity index (χ1v) is 9.20. The quantitative estimate of drug-likeness (QED) is 0.686. The molecule has 130 valence electrons. The highest BCUT2D eigenvalue weighted by atomic mass is 35.5. The molecule has 0 saturated heterocycles. The van der Waals surface area contributed by atoms with Gasteiger partial charge in [-0.3, -0.25) is 9.69 Å². The molecule has 1 aromatic carbocycles. The molecule has 0 aliphatic heterocycles. The Morgan fingerprint density at radius 1 is 1.38 bits per heavy atom. The maximum Gasteiger partial charge on any atom is 0.237 e. The van der Waals surface area contributed by atoms with E-state index in [-0.39, 0.29) is 11.9 Å². The maximum absolute atomic E-state index is 12.2. The Bertz CT molecular complexity index is 634. The molecule has 0 saturated carbocycles. The number of halogens is 1. The number of thiophene rings is 1. The van der Waals surface area contributed by atoms with E-state index in [1.165, 1.54) is 0 Å². The second-order valence-corrected chi connectivity index (χ2v) is 7.08. The second-order valence-electron chi connectivity index (χ2n) is 5.61. The van der Waals surface area contributed by atoms with Crippen LogP contribution in [0.15, 0.2) is 41.8 Å². The molecule has 2 aromatic rings. The first-order valence-electron chi connectivity index (χ1n) is 7.95. The molecular formula is C18H23ClN2O2S. The van der Waals surface area contributed by atoms with Crippen molar-refractivity contribution in [1.82, 2.24) is 10.2 Å². The largest absolute Gasteiger partial charge is 0.493 e. The Hall–Kier alpha value is -1.56. The number of carbonyl (C=O) groups excluding carboxylic acids is 1. The number of hydrogen-bond donors (Lipinski definition) is 1. The van der Waals surface area contributed by atoms with Crippen molar-refractivity contribution in [3.63, 3.8) is 0 Å². The van der Waals surface area contributed by atoms with Crippen molar-refractivity contribution in [2.24, 2.45) is 0 Å². The molecule has 1 unspecified atom stereocenters. The van der Waals surface area contributed by atoms with Crippen LogP contribution in [-0.2, 0) is 11.3 Å². The Labute approximate surface area is 152 Å². The van der Waals surface area contributed by atoms with Gasteiger partial charge in [-0.05, 0) is 50.0 Å². The fourth-order valence-corrected chi connectivity index (χ4v) is 3.01. The zero-order chi connectivity index (χ0) is 17.4. The van der Waals surface area contributed by atoms with Gasteiger partial charge in [0.2, 0.25) is 5.91 Å². The number of ether oxygens (including phenoxy) is 1. The maximum atomic E-state index is 12.2. The first kappa shape index (κ1) is 18.8. The molecule has 2 rings (SSSR count). The second kappa shape index (κ2) is 9.67. The van der Waals surface area contributed by atoms with E-state index < -0.39 is 0 Å². The van der Waals surface area contributed by atoms with Gasteiger partial charge in [0, 0.05) is 16.4 Å². The number of likely N-dealkylation sites (N-methyl/N-ethyl adjacent to an activating group) is 1. The van der Waals surface area contributed by atoms with Crippen LogP contribution >= 0.6 is 22.9 Å². The monoisotopic (exact) mass is 366 g/mol. The summed E-state index contributed by atoms with van der Waals surface area (Å²) in [5.74, 6) is 0.813. The topological polar surface area (TPSA) is 41.6 Å². The molecule has 1 amide bonds. The van der Waals surface area contributed by atoms with Gasteiger partial charge in [0.05, 0.1) is 19.2 Å². The highest BCUT2D eigenvalue weighted by Crippen LogP contribution is 2.17. The van der Waals surface area contributed by atoms with E-state index in [1.807, 2.05) is 54.6 Å². The molecule has 0 fully saturated rings. The van der Waals surface area contributed by atoms with Gasteiger partial charge in [-0.25, -0.2) is 0 Å².